The fraction of sp³-hybridized carbons (Fsp3) is 0.391. The molecule has 34 heavy (non-hydrogen) atoms. The van der Waals surface area contributed by atoms with E-state index in [1.165, 1.54) is 5.56 Å². The number of nitrogens with zero attached hydrogens (tertiary/aromatic N) is 6. The third-order valence-corrected chi connectivity index (χ3v) is 5.95. The van der Waals surface area contributed by atoms with E-state index in [1.54, 1.807) is 20.4 Å². The van der Waals surface area contributed by atoms with Gasteiger partial charge in [-0.25, -0.2) is 4.98 Å². The zero-order chi connectivity index (χ0) is 23.7. The van der Waals surface area contributed by atoms with E-state index < -0.39 is 0 Å². The van der Waals surface area contributed by atoms with Gasteiger partial charge in [0.05, 0.1) is 32.5 Å². The Bertz CT molecular complexity index is 1290. The van der Waals surface area contributed by atoms with Gasteiger partial charge in [0, 0.05) is 38.4 Å². The minimum atomic E-state index is 0.175. The van der Waals surface area contributed by atoms with Crippen molar-refractivity contribution < 1.29 is 14.0 Å². The SMILES string of the molecule is COc1cc(CN2CC(OC)C2)ccc1Cn1ncc2nc(N)nc(NCc3cc(C)on3)c21. The zero-order valence-corrected chi connectivity index (χ0v) is 19.5. The van der Waals surface area contributed by atoms with Gasteiger partial charge in [-0.15, -0.1) is 0 Å². The molecule has 0 saturated carbocycles. The Morgan fingerprint density at radius 1 is 1.18 bits per heavy atom. The highest BCUT2D eigenvalue weighted by molar-refractivity contribution is 5.86. The first-order valence-corrected chi connectivity index (χ1v) is 11.1. The van der Waals surface area contributed by atoms with Crippen molar-refractivity contribution in [3.63, 3.8) is 0 Å². The van der Waals surface area contributed by atoms with E-state index in [2.05, 4.69) is 48.6 Å². The van der Waals surface area contributed by atoms with Gasteiger partial charge in [0.15, 0.2) is 5.82 Å². The fourth-order valence-corrected chi connectivity index (χ4v) is 4.17. The summed E-state index contributed by atoms with van der Waals surface area (Å²) in [4.78, 5) is 11.1. The molecular formula is C23H28N8O3. The van der Waals surface area contributed by atoms with Crippen molar-refractivity contribution >= 4 is 22.8 Å². The van der Waals surface area contributed by atoms with Crippen molar-refractivity contribution in [1.29, 1.82) is 0 Å². The molecule has 0 amide bonds. The molecule has 4 aromatic rings. The van der Waals surface area contributed by atoms with E-state index in [0.717, 1.165) is 47.9 Å². The van der Waals surface area contributed by atoms with Crippen molar-refractivity contribution in [2.75, 3.05) is 38.4 Å². The van der Waals surface area contributed by atoms with Crippen LogP contribution in [0.1, 0.15) is 22.6 Å². The van der Waals surface area contributed by atoms with Crippen molar-refractivity contribution in [3.05, 3.63) is 53.0 Å². The molecule has 0 bridgehead atoms. The van der Waals surface area contributed by atoms with Crippen LogP contribution >= 0.6 is 0 Å². The van der Waals surface area contributed by atoms with E-state index in [0.29, 0.717) is 30.5 Å². The number of ether oxygens (including phenoxy) is 2. The van der Waals surface area contributed by atoms with Crippen LogP contribution in [0.5, 0.6) is 5.75 Å². The van der Waals surface area contributed by atoms with E-state index in [9.17, 15) is 0 Å². The van der Waals surface area contributed by atoms with E-state index in [1.807, 2.05) is 17.7 Å². The van der Waals surface area contributed by atoms with Crippen LogP contribution in [0.2, 0.25) is 0 Å². The molecule has 3 N–H and O–H groups in total. The number of hydrogen-bond acceptors (Lipinski definition) is 10. The summed E-state index contributed by atoms with van der Waals surface area (Å²) in [5.41, 5.74) is 10.3. The molecule has 1 aromatic carbocycles. The topological polar surface area (TPSA) is 129 Å². The van der Waals surface area contributed by atoms with Gasteiger partial charge in [-0.2, -0.15) is 10.1 Å². The summed E-state index contributed by atoms with van der Waals surface area (Å²) in [6, 6.07) is 8.17. The molecule has 5 rings (SSSR count). The lowest BCUT2D eigenvalue weighted by molar-refractivity contribution is -0.0334. The van der Waals surface area contributed by atoms with E-state index in [-0.39, 0.29) is 5.95 Å². The maximum Gasteiger partial charge on any atom is 0.222 e. The van der Waals surface area contributed by atoms with Crippen LogP contribution in [-0.2, 0) is 24.4 Å². The van der Waals surface area contributed by atoms with Crippen LogP contribution in [0.25, 0.3) is 11.0 Å². The van der Waals surface area contributed by atoms with Crippen LogP contribution < -0.4 is 15.8 Å². The van der Waals surface area contributed by atoms with Crippen molar-refractivity contribution in [1.82, 2.24) is 29.8 Å². The summed E-state index contributed by atoms with van der Waals surface area (Å²) < 4.78 is 18.1. The minimum Gasteiger partial charge on any atom is -0.496 e. The normalized spacial score (nSPS) is 14.4. The number of nitrogen functional groups attached to an aromatic ring is 1. The second-order valence-corrected chi connectivity index (χ2v) is 8.45. The molecule has 4 heterocycles. The standard InChI is InChI=1S/C23H28N8O3/c1-14-6-17(29-34-14)8-25-22-21-19(27-23(24)28-22)9-26-31(21)11-16-5-4-15(7-20(16)33-3)10-30-12-18(13-30)32-2/h4-7,9,18H,8,10-13H2,1-3H3,(H3,24,25,27,28). The number of aryl methyl sites for hydroxylation is 1. The number of methoxy groups -OCH3 is 2. The monoisotopic (exact) mass is 464 g/mol. The number of aromatic nitrogens is 5. The molecule has 1 aliphatic heterocycles. The fourth-order valence-electron chi connectivity index (χ4n) is 4.17. The average molecular weight is 465 g/mol. The van der Waals surface area contributed by atoms with Crippen LogP contribution in [0.3, 0.4) is 0 Å². The molecule has 1 saturated heterocycles. The van der Waals surface area contributed by atoms with Gasteiger partial charge < -0.3 is 25.0 Å². The third kappa shape index (κ3) is 4.52. The molecule has 0 atom stereocenters. The van der Waals surface area contributed by atoms with Gasteiger partial charge >= 0.3 is 0 Å². The van der Waals surface area contributed by atoms with Gasteiger partial charge in [-0.3, -0.25) is 9.58 Å². The lowest BCUT2D eigenvalue weighted by Crippen LogP contribution is -2.50. The number of benzene rings is 1. The van der Waals surface area contributed by atoms with Gasteiger partial charge in [0.25, 0.3) is 0 Å². The first kappa shape index (κ1) is 22.1. The summed E-state index contributed by atoms with van der Waals surface area (Å²) in [7, 11) is 3.44. The molecule has 11 nitrogen and oxygen atoms in total. The molecule has 178 valence electrons. The second kappa shape index (κ2) is 9.27. The summed E-state index contributed by atoms with van der Waals surface area (Å²) in [5.74, 6) is 2.32. The summed E-state index contributed by atoms with van der Waals surface area (Å²) in [6.45, 7) is 5.55. The second-order valence-electron chi connectivity index (χ2n) is 8.45. The number of fused-ring (bicyclic) bond motifs is 1. The predicted molar refractivity (Wildman–Crippen MR) is 126 cm³/mol. The van der Waals surface area contributed by atoms with Gasteiger partial charge in [-0.1, -0.05) is 17.3 Å². The molecule has 0 spiro atoms. The van der Waals surface area contributed by atoms with Crippen molar-refractivity contribution in [3.8, 4) is 5.75 Å². The molecular weight excluding hydrogens is 436 g/mol. The molecule has 0 unspecified atom stereocenters. The van der Waals surface area contributed by atoms with Gasteiger partial charge in [0.2, 0.25) is 5.95 Å². The number of likely N-dealkylation sites (tertiary alicyclic amines) is 1. The zero-order valence-electron chi connectivity index (χ0n) is 19.5. The number of anilines is 2. The number of nitrogens with one attached hydrogen (secondary N) is 1. The van der Waals surface area contributed by atoms with Crippen molar-refractivity contribution in [2.24, 2.45) is 0 Å². The molecule has 1 fully saturated rings. The Kier molecular flexibility index (Phi) is 6.03. The van der Waals surface area contributed by atoms with E-state index >= 15 is 0 Å². The quantitative estimate of drug-likeness (QED) is 0.380. The Morgan fingerprint density at radius 2 is 2.03 bits per heavy atom. The molecule has 11 heteroatoms. The van der Waals surface area contributed by atoms with Crippen LogP contribution in [0.15, 0.2) is 35.0 Å². The maximum absolute atomic E-state index is 5.93. The summed E-state index contributed by atoms with van der Waals surface area (Å²) in [5, 5.41) is 11.9. The minimum absolute atomic E-state index is 0.175. The summed E-state index contributed by atoms with van der Waals surface area (Å²) in [6.07, 6.45) is 2.03. The number of nitrogens with two attached hydrogens (primary N) is 1. The third-order valence-electron chi connectivity index (χ3n) is 5.95. The predicted octanol–water partition coefficient (Wildman–Crippen LogP) is 2.20. The van der Waals surface area contributed by atoms with Crippen LogP contribution in [0, 0.1) is 6.92 Å². The largest absolute Gasteiger partial charge is 0.496 e. The highest BCUT2D eigenvalue weighted by atomic mass is 16.5. The molecule has 1 aliphatic rings. The van der Waals surface area contributed by atoms with Crippen molar-refractivity contribution in [2.45, 2.75) is 32.7 Å². The Balaban J connectivity index is 1.37. The lowest BCUT2D eigenvalue weighted by Gasteiger charge is -2.38. The maximum atomic E-state index is 5.93. The number of hydrogen-bond donors (Lipinski definition) is 2. The average Bonchev–Trinajstić information content (AvgIpc) is 3.40. The Morgan fingerprint density at radius 3 is 2.76 bits per heavy atom. The smallest absolute Gasteiger partial charge is 0.222 e. The molecule has 3 aromatic heterocycles. The summed E-state index contributed by atoms with van der Waals surface area (Å²) >= 11 is 0. The Labute approximate surface area is 196 Å². The highest BCUT2D eigenvalue weighted by Gasteiger charge is 2.26. The molecule has 0 aliphatic carbocycles. The lowest BCUT2D eigenvalue weighted by atomic mass is 10.1. The first-order chi connectivity index (χ1) is 16.5. The van der Waals surface area contributed by atoms with Gasteiger partial charge in [-0.05, 0) is 18.6 Å². The van der Waals surface area contributed by atoms with Gasteiger partial charge in [0.1, 0.15) is 28.2 Å². The number of rotatable bonds is 9. The first-order valence-electron chi connectivity index (χ1n) is 11.1. The van der Waals surface area contributed by atoms with Crippen LogP contribution in [-0.4, -0.2) is 63.2 Å². The van der Waals surface area contributed by atoms with Crippen LogP contribution in [0.4, 0.5) is 11.8 Å². The molecule has 0 radical (unpaired) electrons. The van der Waals surface area contributed by atoms with E-state index in [4.69, 9.17) is 19.7 Å². The Hall–Kier alpha value is -3.70. The highest BCUT2D eigenvalue weighted by Crippen LogP contribution is 2.27.